The molecule has 5 rings (SSSR count). The predicted octanol–water partition coefficient (Wildman–Crippen LogP) is 6.88. The van der Waals surface area contributed by atoms with Crippen LogP contribution in [0.5, 0.6) is 0 Å². The van der Waals surface area contributed by atoms with Crippen molar-refractivity contribution in [2.24, 2.45) is 0 Å². The summed E-state index contributed by atoms with van der Waals surface area (Å²) in [7, 11) is -4.15. The highest BCUT2D eigenvalue weighted by atomic mass is 35.5. The van der Waals surface area contributed by atoms with Crippen molar-refractivity contribution in [3.63, 3.8) is 0 Å². The maximum atomic E-state index is 13.9. The van der Waals surface area contributed by atoms with Crippen molar-refractivity contribution in [1.29, 1.82) is 0 Å². The van der Waals surface area contributed by atoms with Crippen LogP contribution in [0.3, 0.4) is 0 Å². The number of hydrogen-bond donors (Lipinski definition) is 2. The monoisotopic (exact) mass is 647 g/mol. The third-order valence-electron chi connectivity index (χ3n) is 7.14. The molecule has 2 N–H and O–H groups in total. The van der Waals surface area contributed by atoms with Gasteiger partial charge in [-0.15, -0.1) is 11.3 Å². The molecule has 0 amide bonds. The van der Waals surface area contributed by atoms with E-state index in [1.165, 1.54) is 34.0 Å². The van der Waals surface area contributed by atoms with E-state index in [1.807, 2.05) is 12.1 Å². The molecule has 3 aromatic heterocycles. The summed E-state index contributed by atoms with van der Waals surface area (Å²) < 4.78 is 70.6. The summed E-state index contributed by atoms with van der Waals surface area (Å²) >= 11 is 7.88. The van der Waals surface area contributed by atoms with Crippen molar-refractivity contribution < 1.29 is 26.7 Å². The smallest absolute Gasteiger partial charge is 0.376 e. The molecule has 0 radical (unpaired) electrons. The molecule has 0 unspecified atom stereocenters. The van der Waals surface area contributed by atoms with Crippen LogP contribution in [0.15, 0.2) is 94.9 Å². The molecule has 0 saturated heterocycles. The summed E-state index contributed by atoms with van der Waals surface area (Å²) in [6.07, 6.45) is -2.56. The second-order valence-corrected chi connectivity index (χ2v) is 13.3. The van der Waals surface area contributed by atoms with Gasteiger partial charge >= 0.3 is 6.18 Å². The zero-order valence-corrected chi connectivity index (χ0v) is 25.2. The average molecular weight is 648 g/mol. The number of aromatic nitrogens is 2. The van der Waals surface area contributed by atoms with Crippen LogP contribution in [0.1, 0.15) is 35.9 Å². The lowest BCUT2D eigenvalue weighted by Crippen LogP contribution is -2.39. The number of alkyl halides is 3. The molecule has 2 aromatic carbocycles. The molecule has 2 atom stereocenters. The number of H-pyrrole nitrogens is 1. The number of aliphatic hydroxyl groups is 1. The quantitative estimate of drug-likeness (QED) is 0.191. The van der Waals surface area contributed by atoms with Gasteiger partial charge in [0.25, 0.3) is 0 Å². The van der Waals surface area contributed by atoms with Gasteiger partial charge in [0, 0.05) is 45.2 Å². The lowest BCUT2D eigenvalue weighted by Gasteiger charge is -2.30. The Morgan fingerprint density at radius 3 is 2.47 bits per heavy atom. The van der Waals surface area contributed by atoms with Crippen molar-refractivity contribution in [1.82, 2.24) is 14.3 Å². The van der Waals surface area contributed by atoms with Crippen LogP contribution in [-0.4, -0.2) is 40.5 Å². The summed E-state index contributed by atoms with van der Waals surface area (Å²) in [6, 6.07) is 17.7. The van der Waals surface area contributed by atoms with Gasteiger partial charge in [0.15, 0.2) is 5.60 Å². The zero-order chi connectivity index (χ0) is 31.2. The summed E-state index contributed by atoms with van der Waals surface area (Å²) in [4.78, 5) is 18.8. The van der Waals surface area contributed by atoms with E-state index in [-0.39, 0.29) is 22.7 Å². The van der Waals surface area contributed by atoms with Crippen LogP contribution in [0, 0.1) is 0 Å². The first kappa shape index (κ1) is 30.9. The Hall–Kier alpha value is -3.55. The minimum Gasteiger partial charge on any atom is -0.376 e. The largest absolute Gasteiger partial charge is 0.421 e. The van der Waals surface area contributed by atoms with Gasteiger partial charge in [0.2, 0.25) is 15.6 Å². The molecule has 7 nitrogen and oxygen atoms in total. The second kappa shape index (κ2) is 11.5. The number of sulfonamides is 1. The van der Waals surface area contributed by atoms with Crippen molar-refractivity contribution >= 4 is 43.0 Å². The number of aromatic amines is 1. The summed E-state index contributed by atoms with van der Waals surface area (Å²) in [5.74, 6) is 0. The van der Waals surface area contributed by atoms with Crippen LogP contribution in [0.4, 0.5) is 13.2 Å². The molecular formula is C30H25ClF3N3O4S2. The van der Waals surface area contributed by atoms with Gasteiger partial charge in [-0.1, -0.05) is 54.9 Å². The van der Waals surface area contributed by atoms with Gasteiger partial charge in [0.1, 0.15) is 0 Å². The van der Waals surface area contributed by atoms with E-state index in [1.54, 1.807) is 43.3 Å². The van der Waals surface area contributed by atoms with E-state index < -0.39 is 33.4 Å². The SMILES string of the molecule is CCN([C@@H](c1cc2cccc(-c3cc([C@](C)(O)C(F)(F)F)ccn3)c2s1)c1ccccc1Cl)S(=O)(=O)c1ccc(=O)[nH]c1. The van der Waals surface area contributed by atoms with Crippen molar-refractivity contribution in [3.8, 4) is 11.3 Å². The highest BCUT2D eigenvalue weighted by Crippen LogP contribution is 2.44. The van der Waals surface area contributed by atoms with Crippen LogP contribution in [0.25, 0.3) is 21.3 Å². The maximum Gasteiger partial charge on any atom is 0.421 e. The molecule has 13 heteroatoms. The van der Waals surface area contributed by atoms with Crippen molar-refractivity contribution in [2.45, 2.75) is 36.6 Å². The van der Waals surface area contributed by atoms with E-state index >= 15 is 0 Å². The van der Waals surface area contributed by atoms with Crippen molar-refractivity contribution in [3.05, 3.63) is 117 Å². The molecule has 5 aromatic rings. The number of hydrogen-bond acceptors (Lipinski definition) is 6. The summed E-state index contributed by atoms with van der Waals surface area (Å²) in [5, 5.41) is 11.3. The van der Waals surface area contributed by atoms with Crippen LogP contribution >= 0.6 is 22.9 Å². The molecule has 0 saturated carbocycles. The Kier molecular flexibility index (Phi) is 8.27. The minimum atomic E-state index is -4.91. The number of thiophene rings is 1. The van der Waals surface area contributed by atoms with Gasteiger partial charge in [-0.3, -0.25) is 9.78 Å². The average Bonchev–Trinajstić information content (AvgIpc) is 3.40. The number of benzene rings is 2. The lowest BCUT2D eigenvalue weighted by atomic mass is 9.94. The Morgan fingerprint density at radius 1 is 1.07 bits per heavy atom. The topological polar surface area (TPSA) is 103 Å². The third-order valence-corrected chi connectivity index (χ3v) is 10.7. The molecule has 0 bridgehead atoms. The van der Waals surface area contributed by atoms with Gasteiger partial charge in [-0.25, -0.2) is 8.42 Å². The standard InChI is InChI=1S/C30H25ClF3N3O4S2/c1-3-37(43(40,41)20-11-12-26(38)36-17-20)27(21-8-4-5-10-23(21)31)25-15-18-7-6-9-22(28(18)42-25)24-16-19(13-14-35-24)29(2,39)30(32,33)34/h4-17,27,39H,3H2,1-2H3,(H,36,38)/t27-,29+/m1/s1. The first-order valence-corrected chi connectivity index (χ1v) is 15.6. The minimum absolute atomic E-state index is 0.0502. The molecular weight excluding hydrogens is 623 g/mol. The third kappa shape index (κ3) is 5.73. The molecule has 0 aliphatic carbocycles. The lowest BCUT2D eigenvalue weighted by molar-refractivity contribution is -0.258. The fourth-order valence-corrected chi connectivity index (χ4v) is 7.98. The number of halogens is 4. The summed E-state index contributed by atoms with van der Waals surface area (Å²) in [5.41, 5.74) is -2.66. The highest BCUT2D eigenvalue weighted by Gasteiger charge is 2.51. The first-order valence-electron chi connectivity index (χ1n) is 13.0. The maximum absolute atomic E-state index is 13.9. The van der Waals surface area contributed by atoms with E-state index in [2.05, 4.69) is 9.97 Å². The van der Waals surface area contributed by atoms with Gasteiger partial charge in [-0.2, -0.15) is 17.5 Å². The molecule has 3 heterocycles. The van der Waals surface area contributed by atoms with Crippen LogP contribution in [0.2, 0.25) is 5.02 Å². The normalized spacial score (nSPS) is 14.6. The number of rotatable bonds is 8. The van der Waals surface area contributed by atoms with E-state index in [9.17, 15) is 31.5 Å². The van der Waals surface area contributed by atoms with Gasteiger partial charge < -0.3 is 10.1 Å². The van der Waals surface area contributed by atoms with E-state index in [0.29, 0.717) is 38.0 Å². The molecule has 0 spiro atoms. The Morgan fingerprint density at radius 2 is 1.81 bits per heavy atom. The number of pyridine rings is 2. The highest BCUT2D eigenvalue weighted by molar-refractivity contribution is 7.89. The molecule has 224 valence electrons. The van der Waals surface area contributed by atoms with E-state index in [0.717, 1.165) is 18.3 Å². The van der Waals surface area contributed by atoms with Crippen LogP contribution in [-0.2, 0) is 15.6 Å². The Bertz CT molecular complexity index is 1950. The zero-order valence-electron chi connectivity index (χ0n) is 22.8. The van der Waals surface area contributed by atoms with Gasteiger partial charge in [-0.05, 0) is 53.8 Å². The fraction of sp³-hybridized carbons (Fsp3) is 0.200. The number of fused-ring (bicyclic) bond motifs is 1. The molecule has 0 aliphatic heterocycles. The van der Waals surface area contributed by atoms with Crippen molar-refractivity contribution in [2.75, 3.05) is 6.54 Å². The predicted molar refractivity (Wildman–Crippen MR) is 161 cm³/mol. The second-order valence-electron chi connectivity index (χ2n) is 9.89. The molecule has 43 heavy (non-hydrogen) atoms. The molecule has 0 aliphatic rings. The fourth-order valence-electron chi connectivity index (χ4n) is 4.79. The van der Waals surface area contributed by atoms with E-state index in [4.69, 9.17) is 11.6 Å². The number of nitrogens with zero attached hydrogens (tertiary/aromatic N) is 2. The first-order chi connectivity index (χ1) is 20.3. The Balaban J connectivity index is 1.69. The summed E-state index contributed by atoms with van der Waals surface area (Å²) in [6.45, 7) is 2.43. The molecule has 0 fully saturated rings. The number of nitrogens with one attached hydrogen (secondary N) is 1. The van der Waals surface area contributed by atoms with Crippen LogP contribution < -0.4 is 5.56 Å². The Labute approximate surface area is 254 Å². The van der Waals surface area contributed by atoms with Gasteiger partial charge in [0.05, 0.1) is 16.6 Å².